The molecule has 1 aromatic heterocycles. The number of nitrogens with zero attached hydrogens (tertiary/aromatic N) is 4. The predicted molar refractivity (Wildman–Crippen MR) is 136 cm³/mol. The van der Waals surface area contributed by atoms with Crippen molar-refractivity contribution in [2.75, 3.05) is 26.7 Å². The van der Waals surface area contributed by atoms with E-state index in [1.807, 2.05) is 6.92 Å². The summed E-state index contributed by atoms with van der Waals surface area (Å²) in [6.07, 6.45) is 9.46. The third-order valence-corrected chi connectivity index (χ3v) is 9.36. The van der Waals surface area contributed by atoms with Gasteiger partial charge in [-0.25, -0.2) is 18.4 Å². The van der Waals surface area contributed by atoms with Gasteiger partial charge in [0.05, 0.1) is 13.2 Å². The first-order valence-corrected chi connectivity index (χ1v) is 14.1. The monoisotopic (exact) mass is 516 g/mol. The van der Waals surface area contributed by atoms with Gasteiger partial charge in [-0.15, -0.1) is 0 Å². The second-order valence-corrected chi connectivity index (χ2v) is 11.9. The van der Waals surface area contributed by atoms with Crippen LogP contribution in [0.15, 0.2) is 41.8 Å². The third-order valence-electron chi connectivity index (χ3n) is 7.35. The fourth-order valence-electron chi connectivity index (χ4n) is 5.09. The highest BCUT2D eigenvalue weighted by molar-refractivity contribution is 7.89. The zero-order valence-corrected chi connectivity index (χ0v) is 22.0. The second kappa shape index (κ2) is 11.2. The molecule has 1 aliphatic carbocycles. The Balaban J connectivity index is 1.70. The molecule has 1 aromatic carbocycles. The van der Waals surface area contributed by atoms with Crippen molar-refractivity contribution >= 4 is 15.9 Å². The Kier molecular flexibility index (Phi) is 8.27. The Bertz CT molecular complexity index is 1150. The van der Waals surface area contributed by atoms with Gasteiger partial charge >= 0.3 is 0 Å². The van der Waals surface area contributed by atoms with Crippen LogP contribution < -0.4 is 4.74 Å². The summed E-state index contributed by atoms with van der Waals surface area (Å²) >= 11 is 0. The first-order chi connectivity index (χ1) is 17.2. The van der Waals surface area contributed by atoms with Crippen LogP contribution in [0.4, 0.5) is 0 Å². The van der Waals surface area contributed by atoms with E-state index in [9.17, 15) is 18.3 Å². The van der Waals surface area contributed by atoms with Crippen molar-refractivity contribution in [3.63, 3.8) is 0 Å². The number of carbonyl (C=O) groups excluding carboxylic acids is 1. The number of likely N-dealkylation sites (N-methyl/N-ethyl adjacent to an activating group) is 1. The Labute approximate surface area is 213 Å². The number of ether oxygens (including phenoxy) is 1. The van der Waals surface area contributed by atoms with E-state index in [4.69, 9.17) is 4.74 Å². The number of sulfonamides is 1. The lowest BCUT2D eigenvalue weighted by Gasteiger charge is -2.38. The Morgan fingerprint density at radius 2 is 1.89 bits per heavy atom. The first kappa shape index (κ1) is 26.5. The van der Waals surface area contributed by atoms with Gasteiger partial charge in [0.25, 0.3) is 0 Å². The maximum Gasteiger partial charge on any atom is 0.247 e. The lowest BCUT2D eigenvalue weighted by molar-refractivity contribution is -0.136. The molecule has 0 radical (unpaired) electrons. The molecule has 0 unspecified atom stereocenters. The lowest BCUT2D eigenvalue weighted by Crippen LogP contribution is -2.50. The van der Waals surface area contributed by atoms with E-state index in [0.717, 1.165) is 36.8 Å². The molecule has 1 amide bonds. The number of hydrogen-bond donors (Lipinski definition) is 1. The number of rotatable bonds is 6. The van der Waals surface area contributed by atoms with Gasteiger partial charge in [0.1, 0.15) is 23.1 Å². The van der Waals surface area contributed by atoms with Crippen molar-refractivity contribution < 1.29 is 23.1 Å². The number of benzene rings is 1. The summed E-state index contributed by atoms with van der Waals surface area (Å²) < 4.78 is 35.1. The molecule has 1 aliphatic heterocycles. The lowest BCUT2D eigenvalue weighted by atomic mass is 9.88. The van der Waals surface area contributed by atoms with Crippen LogP contribution in [-0.2, 0) is 14.8 Å². The molecule has 2 heterocycles. The minimum atomic E-state index is -3.93. The average molecular weight is 517 g/mol. The number of aliphatic hydroxyl groups is 1. The molecule has 0 saturated heterocycles. The molecule has 2 aromatic rings. The second-order valence-electron chi connectivity index (χ2n) is 10.1. The standard InChI is InChI=1S/C26H36N4O5S/c1-18-14-30(19(2)16-31)36(33,34)25-10-9-21(22-12-27-17-28-13-22)11-23(25)35-24(18)15-29(3)26(32)20-7-5-4-6-8-20/h9-13,17-20,24,31H,4-8,14-16H2,1-3H3/t18-,19-,24+/m0/s1. The number of amides is 1. The van der Waals surface area contributed by atoms with Crippen molar-refractivity contribution in [1.29, 1.82) is 0 Å². The van der Waals surface area contributed by atoms with Gasteiger partial charge in [-0.3, -0.25) is 4.79 Å². The molecule has 36 heavy (non-hydrogen) atoms. The Morgan fingerprint density at radius 3 is 2.56 bits per heavy atom. The first-order valence-electron chi connectivity index (χ1n) is 12.7. The maximum absolute atomic E-state index is 13.7. The van der Waals surface area contributed by atoms with Crippen molar-refractivity contribution in [3.8, 4) is 16.9 Å². The van der Waals surface area contributed by atoms with E-state index < -0.39 is 22.2 Å². The maximum atomic E-state index is 13.7. The predicted octanol–water partition coefficient (Wildman–Crippen LogP) is 2.95. The molecular weight excluding hydrogens is 480 g/mol. The summed E-state index contributed by atoms with van der Waals surface area (Å²) in [6.45, 7) is 3.84. The van der Waals surface area contributed by atoms with E-state index in [1.54, 1.807) is 43.4 Å². The molecule has 10 heteroatoms. The minimum Gasteiger partial charge on any atom is -0.487 e. The molecule has 1 saturated carbocycles. The van der Waals surface area contributed by atoms with E-state index >= 15 is 0 Å². The van der Waals surface area contributed by atoms with E-state index in [2.05, 4.69) is 9.97 Å². The molecule has 0 spiro atoms. The quantitative estimate of drug-likeness (QED) is 0.628. The third kappa shape index (κ3) is 5.55. The van der Waals surface area contributed by atoms with E-state index in [-0.39, 0.29) is 41.5 Å². The summed E-state index contributed by atoms with van der Waals surface area (Å²) in [6, 6.07) is 4.34. The van der Waals surface area contributed by atoms with Crippen LogP contribution in [0.1, 0.15) is 46.0 Å². The van der Waals surface area contributed by atoms with Gasteiger partial charge in [-0.05, 0) is 37.5 Å². The molecule has 196 valence electrons. The molecule has 2 aliphatic rings. The number of aliphatic hydroxyl groups excluding tert-OH is 1. The molecule has 9 nitrogen and oxygen atoms in total. The summed E-state index contributed by atoms with van der Waals surface area (Å²) in [7, 11) is -2.13. The highest BCUT2D eigenvalue weighted by atomic mass is 32.2. The smallest absolute Gasteiger partial charge is 0.247 e. The SMILES string of the molecule is C[C@H]1CN([C@@H](C)CO)S(=O)(=O)c2ccc(-c3cncnc3)cc2O[C@@H]1CN(C)C(=O)C1CCCCC1. The van der Waals surface area contributed by atoms with Gasteiger partial charge in [-0.1, -0.05) is 32.3 Å². The molecule has 1 fully saturated rings. The molecule has 0 bridgehead atoms. The van der Waals surface area contributed by atoms with Crippen molar-refractivity contribution in [2.45, 2.75) is 63.0 Å². The Hall–Kier alpha value is -2.56. The Morgan fingerprint density at radius 1 is 1.19 bits per heavy atom. The number of carbonyl (C=O) groups is 1. The number of hydrogen-bond acceptors (Lipinski definition) is 7. The summed E-state index contributed by atoms with van der Waals surface area (Å²) in [5.74, 6) is 0.154. The van der Waals surface area contributed by atoms with Gasteiger partial charge < -0.3 is 14.7 Å². The van der Waals surface area contributed by atoms with E-state index in [0.29, 0.717) is 6.54 Å². The highest BCUT2D eigenvalue weighted by Gasteiger charge is 2.39. The van der Waals surface area contributed by atoms with Crippen LogP contribution in [0, 0.1) is 11.8 Å². The topological polar surface area (TPSA) is 113 Å². The fraction of sp³-hybridized carbons (Fsp3) is 0.577. The molecule has 3 atom stereocenters. The van der Waals surface area contributed by atoms with Crippen LogP contribution in [0.3, 0.4) is 0 Å². The van der Waals surface area contributed by atoms with Crippen molar-refractivity contribution in [1.82, 2.24) is 19.2 Å². The summed E-state index contributed by atoms with van der Waals surface area (Å²) in [5.41, 5.74) is 1.46. The largest absolute Gasteiger partial charge is 0.487 e. The van der Waals surface area contributed by atoms with Crippen molar-refractivity contribution in [2.24, 2.45) is 11.8 Å². The van der Waals surface area contributed by atoms with Crippen LogP contribution >= 0.6 is 0 Å². The van der Waals surface area contributed by atoms with Crippen LogP contribution in [-0.4, -0.2) is 77.5 Å². The average Bonchev–Trinajstić information content (AvgIpc) is 2.90. The summed E-state index contributed by atoms with van der Waals surface area (Å²) in [4.78, 5) is 23.1. The molecular formula is C26H36N4O5S. The van der Waals surface area contributed by atoms with Crippen LogP contribution in [0.5, 0.6) is 5.75 Å². The number of fused-ring (bicyclic) bond motifs is 1. The normalized spacial score (nSPS) is 23.6. The van der Waals surface area contributed by atoms with Crippen molar-refractivity contribution in [3.05, 3.63) is 36.9 Å². The molecule has 1 N–H and O–H groups in total. The minimum absolute atomic E-state index is 0.0378. The van der Waals surface area contributed by atoms with Gasteiger partial charge in [0.15, 0.2) is 0 Å². The zero-order valence-electron chi connectivity index (χ0n) is 21.2. The zero-order chi connectivity index (χ0) is 25.9. The van der Waals surface area contributed by atoms with Gasteiger partial charge in [-0.2, -0.15) is 4.31 Å². The number of aromatic nitrogens is 2. The van der Waals surface area contributed by atoms with Gasteiger partial charge in [0, 0.05) is 49.4 Å². The summed E-state index contributed by atoms with van der Waals surface area (Å²) in [5, 5.41) is 9.83. The highest BCUT2D eigenvalue weighted by Crippen LogP contribution is 2.36. The fourth-order valence-corrected chi connectivity index (χ4v) is 6.92. The molecule has 4 rings (SSSR count). The van der Waals surface area contributed by atoms with Crippen LogP contribution in [0.2, 0.25) is 0 Å². The van der Waals surface area contributed by atoms with Crippen LogP contribution in [0.25, 0.3) is 11.1 Å². The van der Waals surface area contributed by atoms with E-state index in [1.165, 1.54) is 23.1 Å². The van der Waals surface area contributed by atoms with Gasteiger partial charge in [0.2, 0.25) is 15.9 Å².